The number of phenols is 1. The van der Waals surface area contributed by atoms with Gasteiger partial charge in [-0.15, -0.1) is 0 Å². The molecule has 188 valence electrons. The van der Waals surface area contributed by atoms with Gasteiger partial charge in [0.25, 0.3) is 0 Å². The molecule has 0 saturated carbocycles. The van der Waals surface area contributed by atoms with Gasteiger partial charge in [-0.2, -0.15) is 0 Å². The number of thiocarbonyl (C=S) groups is 1. The number of para-hydroxylation sites is 1. The Labute approximate surface area is 220 Å². The second-order valence-corrected chi connectivity index (χ2v) is 8.82. The van der Waals surface area contributed by atoms with Gasteiger partial charge in [-0.1, -0.05) is 42.5 Å². The lowest BCUT2D eigenvalue weighted by Crippen LogP contribution is -2.42. The van der Waals surface area contributed by atoms with Crippen molar-refractivity contribution in [3.05, 3.63) is 96.1 Å². The number of methoxy groups -OCH3 is 3. The first-order valence-electron chi connectivity index (χ1n) is 11.7. The fourth-order valence-corrected chi connectivity index (χ4v) is 4.78. The highest BCUT2D eigenvalue weighted by atomic mass is 32.1. The van der Waals surface area contributed by atoms with Crippen molar-refractivity contribution in [2.45, 2.75) is 6.04 Å². The molecule has 3 N–H and O–H groups in total. The Balaban J connectivity index is 1.56. The van der Waals surface area contributed by atoms with Crippen molar-refractivity contribution in [1.29, 1.82) is 0 Å². The van der Waals surface area contributed by atoms with Crippen LogP contribution in [0.5, 0.6) is 23.0 Å². The second kappa shape index (κ2) is 10.3. The zero-order valence-corrected chi connectivity index (χ0v) is 21.5. The minimum Gasteiger partial charge on any atom is -0.507 e. The molecule has 37 heavy (non-hydrogen) atoms. The number of ether oxygens (including phenoxy) is 3. The number of benzene rings is 4. The maximum absolute atomic E-state index is 11.2. The van der Waals surface area contributed by atoms with Crippen LogP contribution in [0, 0.1) is 0 Å². The smallest absolute Gasteiger partial charge is 0.193 e. The Kier molecular flexibility index (Phi) is 6.74. The van der Waals surface area contributed by atoms with Crippen LogP contribution < -0.4 is 25.0 Å². The van der Waals surface area contributed by atoms with E-state index in [-0.39, 0.29) is 11.8 Å². The average Bonchev–Trinajstić information content (AvgIpc) is 3.38. The Morgan fingerprint density at radius 3 is 2.41 bits per heavy atom. The maximum atomic E-state index is 11.2. The molecule has 1 atom stereocenters. The molecule has 0 bridgehead atoms. The Morgan fingerprint density at radius 2 is 1.68 bits per heavy atom. The lowest BCUT2D eigenvalue weighted by molar-refractivity contribution is 0.319. The summed E-state index contributed by atoms with van der Waals surface area (Å²) < 4.78 is 16.5. The second-order valence-electron chi connectivity index (χ2n) is 8.43. The predicted octanol–water partition coefficient (Wildman–Crippen LogP) is 5.87. The van der Waals surface area contributed by atoms with E-state index in [4.69, 9.17) is 26.4 Å². The van der Waals surface area contributed by atoms with Crippen LogP contribution in [0.25, 0.3) is 16.5 Å². The zero-order chi connectivity index (χ0) is 25.9. The molecule has 1 aliphatic rings. The molecule has 0 radical (unpaired) electrons. The van der Waals surface area contributed by atoms with E-state index in [0.717, 1.165) is 33.5 Å². The van der Waals surface area contributed by atoms with Gasteiger partial charge in [0.1, 0.15) is 17.5 Å². The van der Waals surface area contributed by atoms with E-state index in [9.17, 15) is 5.11 Å². The molecule has 5 rings (SSSR count). The third-order valence-electron chi connectivity index (χ3n) is 6.35. The molecule has 8 heteroatoms. The molecule has 0 fully saturated rings. The summed E-state index contributed by atoms with van der Waals surface area (Å²) in [5, 5.41) is 18.4. The van der Waals surface area contributed by atoms with E-state index < -0.39 is 0 Å². The van der Waals surface area contributed by atoms with Crippen LogP contribution >= 0.6 is 12.2 Å². The molecular formula is C29H27N3O4S. The highest BCUT2D eigenvalue weighted by molar-refractivity contribution is 7.80. The SMILES string of the molecule is COc1ccc(NC(=S)N2NC(c3ccc4ccccc4c3O)=CC2c2cccc(OC)c2OC)cc1. The molecular weight excluding hydrogens is 486 g/mol. The van der Waals surface area contributed by atoms with E-state index in [0.29, 0.717) is 22.2 Å². The van der Waals surface area contributed by atoms with Crippen molar-refractivity contribution < 1.29 is 19.3 Å². The number of fused-ring (bicyclic) bond motifs is 1. The molecule has 1 unspecified atom stereocenters. The van der Waals surface area contributed by atoms with E-state index in [1.807, 2.05) is 89.9 Å². The standard InChI is InChI=1S/C29H27N3O4S/c1-34-20-14-12-19(13-15-20)30-29(37)32-25(23-9-6-10-26(35-2)28(23)36-3)17-24(31-32)22-16-11-18-7-4-5-8-21(18)27(22)33/h4-17,25,31,33H,1-3H3,(H,30,37). The van der Waals surface area contributed by atoms with Gasteiger partial charge in [-0.05, 0) is 60.1 Å². The Morgan fingerprint density at radius 1 is 0.892 bits per heavy atom. The summed E-state index contributed by atoms with van der Waals surface area (Å²) in [5.74, 6) is 2.17. The molecule has 0 aromatic heterocycles. The quantitative estimate of drug-likeness (QED) is 0.277. The number of anilines is 1. The number of phenolic OH excluding ortho intramolecular Hbond substituents is 1. The van der Waals surface area contributed by atoms with E-state index >= 15 is 0 Å². The lowest BCUT2D eigenvalue weighted by atomic mass is 10.0. The first kappa shape index (κ1) is 24.3. The number of aromatic hydroxyl groups is 1. The summed E-state index contributed by atoms with van der Waals surface area (Å²) in [4.78, 5) is 0. The van der Waals surface area contributed by atoms with Gasteiger partial charge in [0.05, 0.1) is 27.0 Å². The number of nitrogens with zero attached hydrogens (tertiary/aromatic N) is 1. The van der Waals surface area contributed by atoms with Crippen molar-refractivity contribution >= 4 is 39.5 Å². The van der Waals surface area contributed by atoms with Crippen LogP contribution in [0.3, 0.4) is 0 Å². The highest BCUT2D eigenvalue weighted by Crippen LogP contribution is 2.42. The van der Waals surface area contributed by atoms with Gasteiger partial charge >= 0.3 is 0 Å². The van der Waals surface area contributed by atoms with Gasteiger partial charge in [0, 0.05) is 22.2 Å². The molecule has 1 heterocycles. The monoisotopic (exact) mass is 513 g/mol. The highest BCUT2D eigenvalue weighted by Gasteiger charge is 2.33. The summed E-state index contributed by atoms with van der Waals surface area (Å²) in [7, 11) is 4.85. The molecule has 0 amide bonds. The number of hydrogen-bond donors (Lipinski definition) is 3. The number of nitrogens with one attached hydrogen (secondary N) is 2. The first-order valence-corrected chi connectivity index (χ1v) is 12.1. The minimum atomic E-state index is -0.357. The molecule has 4 aromatic rings. The van der Waals surface area contributed by atoms with Crippen molar-refractivity contribution in [3.63, 3.8) is 0 Å². The van der Waals surface area contributed by atoms with Crippen LogP contribution in [-0.2, 0) is 0 Å². The lowest BCUT2D eigenvalue weighted by Gasteiger charge is -2.29. The molecule has 4 aromatic carbocycles. The largest absolute Gasteiger partial charge is 0.507 e. The first-order chi connectivity index (χ1) is 18.0. The Hall–Kier alpha value is -4.43. The topological polar surface area (TPSA) is 75.2 Å². The van der Waals surface area contributed by atoms with E-state index in [1.54, 1.807) is 21.3 Å². The molecule has 0 spiro atoms. The van der Waals surface area contributed by atoms with Crippen LogP contribution in [-0.4, -0.2) is 36.6 Å². The van der Waals surface area contributed by atoms with Gasteiger partial charge in [0.15, 0.2) is 16.6 Å². The third kappa shape index (κ3) is 4.59. The number of rotatable bonds is 6. The summed E-state index contributed by atoms with van der Waals surface area (Å²) in [6, 6.07) is 24.5. The van der Waals surface area contributed by atoms with Gasteiger partial charge in [-0.25, -0.2) is 0 Å². The Bertz CT molecular complexity index is 1490. The normalized spacial score (nSPS) is 14.6. The van der Waals surface area contributed by atoms with Gasteiger partial charge in [0.2, 0.25) is 0 Å². The fraction of sp³-hybridized carbons (Fsp3) is 0.138. The van der Waals surface area contributed by atoms with Crippen LogP contribution in [0.1, 0.15) is 17.2 Å². The summed E-state index contributed by atoms with van der Waals surface area (Å²) >= 11 is 5.84. The van der Waals surface area contributed by atoms with Crippen molar-refractivity contribution in [1.82, 2.24) is 10.4 Å². The molecule has 7 nitrogen and oxygen atoms in total. The van der Waals surface area contributed by atoms with Crippen molar-refractivity contribution in [2.24, 2.45) is 0 Å². The van der Waals surface area contributed by atoms with E-state index in [2.05, 4.69) is 10.7 Å². The fourth-order valence-electron chi connectivity index (χ4n) is 4.50. The number of hydrogen-bond acceptors (Lipinski definition) is 6. The molecule has 1 aliphatic heterocycles. The predicted molar refractivity (Wildman–Crippen MR) is 150 cm³/mol. The summed E-state index contributed by atoms with van der Waals surface area (Å²) in [5.41, 5.74) is 6.45. The molecule has 0 saturated heterocycles. The summed E-state index contributed by atoms with van der Waals surface area (Å²) in [6.07, 6.45) is 2.02. The van der Waals surface area contributed by atoms with Crippen molar-refractivity contribution in [3.8, 4) is 23.0 Å². The molecule has 0 aliphatic carbocycles. The van der Waals surface area contributed by atoms with E-state index in [1.165, 1.54) is 0 Å². The minimum absolute atomic E-state index is 0.198. The van der Waals surface area contributed by atoms with Crippen LogP contribution in [0.2, 0.25) is 0 Å². The van der Waals surface area contributed by atoms with Gasteiger partial charge in [-0.3, -0.25) is 10.4 Å². The average molecular weight is 514 g/mol. The third-order valence-corrected chi connectivity index (χ3v) is 6.65. The van der Waals surface area contributed by atoms with Crippen molar-refractivity contribution in [2.75, 3.05) is 26.6 Å². The van der Waals surface area contributed by atoms with Crippen LogP contribution in [0.4, 0.5) is 5.69 Å². The summed E-state index contributed by atoms with van der Waals surface area (Å²) in [6.45, 7) is 0. The maximum Gasteiger partial charge on any atom is 0.193 e. The number of hydrazine groups is 1. The van der Waals surface area contributed by atoms with Crippen LogP contribution in [0.15, 0.2) is 84.9 Å². The van der Waals surface area contributed by atoms with Gasteiger partial charge < -0.3 is 24.6 Å². The zero-order valence-electron chi connectivity index (χ0n) is 20.7.